The minimum absolute atomic E-state index is 0.417. The summed E-state index contributed by atoms with van der Waals surface area (Å²) in [6.07, 6.45) is 4.12. The molecule has 0 amide bonds. The van der Waals surface area contributed by atoms with Crippen LogP contribution < -0.4 is 4.74 Å². The Morgan fingerprint density at radius 3 is 3.00 bits per heavy atom. The standard InChI is InChI=1S/C6H5ClNO/c1-9-6-2-3-8-4-5(6)7/h2-3H,1H3. The maximum atomic E-state index is 5.58. The monoisotopic (exact) mass is 142 g/mol. The Morgan fingerprint density at radius 2 is 2.56 bits per heavy atom. The molecule has 47 valence electrons. The van der Waals surface area contributed by atoms with Crippen LogP contribution in [0, 0.1) is 6.20 Å². The van der Waals surface area contributed by atoms with Crippen LogP contribution in [-0.4, -0.2) is 12.1 Å². The molecule has 1 aromatic rings. The van der Waals surface area contributed by atoms with Crippen LogP contribution >= 0.6 is 11.6 Å². The van der Waals surface area contributed by atoms with Gasteiger partial charge in [-0.15, -0.1) is 0 Å². The van der Waals surface area contributed by atoms with E-state index in [1.54, 1.807) is 19.4 Å². The first-order valence-electron chi connectivity index (χ1n) is 2.41. The van der Waals surface area contributed by atoms with Crippen LogP contribution in [0.15, 0.2) is 12.3 Å². The van der Waals surface area contributed by atoms with Crippen molar-refractivity contribution in [2.24, 2.45) is 0 Å². The van der Waals surface area contributed by atoms with Gasteiger partial charge >= 0.3 is 0 Å². The van der Waals surface area contributed by atoms with Gasteiger partial charge in [0.05, 0.1) is 7.11 Å². The van der Waals surface area contributed by atoms with Crippen molar-refractivity contribution in [1.29, 1.82) is 0 Å². The molecule has 2 nitrogen and oxygen atoms in total. The van der Waals surface area contributed by atoms with Gasteiger partial charge in [-0.1, -0.05) is 11.6 Å². The van der Waals surface area contributed by atoms with E-state index in [0.717, 1.165) is 0 Å². The molecule has 0 aromatic carbocycles. The molecule has 0 bridgehead atoms. The third kappa shape index (κ3) is 1.33. The molecule has 1 heterocycles. The molecule has 0 aliphatic rings. The van der Waals surface area contributed by atoms with Crippen molar-refractivity contribution in [3.8, 4) is 5.75 Å². The number of hydrogen-bond acceptors (Lipinski definition) is 2. The van der Waals surface area contributed by atoms with Crippen molar-refractivity contribution in [1.82, 2.24) is 4.98 Å². The van der Waals surface area contributed by atoms with Gasteiger partial charge in [0, 0.05) is 12.3 Å². The number of rotatable bonds is 1. The number of ether oxygens (including phenoxy) is 1. The van der Waals surface area contributed by atoms with E-state index in [1.807, 2.05) is 0 Å². The molecule has 0 spiro atoms. The molecular formula is C6H5ClNO. The molecule has 0 saturated heterocycles. The molecule has 0 saturated carbocycles. The average Bonchev–Trinajstić information content (AvgIpc) is 1.89. The summed E-state index contributed by atoms with van der Waals surface area (Å²) < 4.78 is 4.84. The fourth-order valence-electron chi connectivity index (χ4n) is 0.485. The highest BCUT2D eigenvalue weighted by Gasteiger charge is 1.95. The Kier molecular flexibility index (Phi) is 1.90. The molecule has 0 N–H and O–H groups in total. The van der Waals surface area contributed by atoms with Gasteiger partial charge < -0.3 is 4.74 Å². The summed E-state index contributed by atoms with van der Waals surface area (Å²) in [4.78, 5) is 3.66. The molecule has 0 aliphatic heterocycles. The zero-order valence-electron chi connectivity index (χ0n) is 4.89. The van der Waals surface area contributed by atoms with E-state index in [0.29, 0.717) is 10.8 Å². The van der Waals surface area contributed by atoms with Crippen LogP contribution in [0.25, 0.3) is 0 Å². The minimum atomic E-state index is 0.417. The van der Waals surface area contributed by atoms with E-state index in [9.17, 15) is 0 Å². The van der Waals surface area contributed by atoms with Crippen molar-refractivity contribution in [2.45, 2.75) is 0 Å². The summed E-state index contributed by atoms with van der Waals surface area (Å²) >= 11 is 5.58. The molecule has 0 unspecified atom stereocenters. The number of halogens is 1. The lowest BCUT2D eigenvalue weighted by molar-refractivity contribution is 0.414. The molecule has 1 radical (unpaired) electrons. The summed E-state index contributed by atoms with van der Waals surface area (Å²) in [7, 11) is 1.55. The van der Waals surface area contributed by atoms with Crippen LogP contribution in [0.2, 0.25) is 5.02 Å². The third-order valence-electron chi connectivity index (χ3n) is 0.899. The van der Waals surface area contributed by atoms with Gasteiger partial charge in [-0.2, -0.15) is 0 Å². The van der Waals surface area contributed by atoms with Crippen molar-refractivity contribution in [3.63, 3.8) is 0 Å². The predicted molar refractivity (Wildman–Crippen MR) is 34.6 cm³/mol. The van der Waals surface area contributed by atoms with Gasteiger partial charge in [0.2, 0.25) is 0 Å². The van der Waals surface area contributed by atoms with Crippen LogP contribution in [-0.2, 0) is 0 Å². The van der Waals surface area contributed by atoms with Gasteiger partial charge in [0.1, 0.15) is 17.0 Å². The Morgan fingerprint density at radius 1 is 1.78 bits per heavy atom. The zero-order valence-corrected chi connectivity index (χ0v) is 5.64. The van der Waals surface area contributed by atoms with Crippen molar-refractivity contribution >= 4 is 11.6 Å². The quantitative estimate of drug-likeness (QED) is 0.594. The lowest BCUT2D eigenvalue weighted by Crippen LogP contribution is -1.83. The van der Waals surface area contributed by atoms with Gasteiger partial charge in [-0.05, 0) is 0 Å². The number of pyridine rings is 1. The molecule has 0 atom stereocenters. The van der Waals surface area contributed by atoms with Gasteiger partial charge in [0.25, 0.3) is 0 Å². The van der Waals surface area contributed by atoms with Gasteiger partial charge in [0.15, 0.2) is 0 Å². The lowest BCUT2D eigenvalue weighted by Gasteiger charge is -1.97. The van der Waals surface area contributed by atoms with Crippen LogP contribution in [0.1, 0.15) is 0 Å². The summed E-state index contributed by atoms with van der Waals surface area (Å²) in [6, 6.07) is 1.68. The number of aromatic nitrogens is 1. The second-order valence-corrected chi connectivity index (χ2v) is 1.82. The lowest BCUT2D eigenvalue weighted by atomic mass is 10.4. The third-order valence-corrected chi connectivity index (χ3v) is 1.17. The molecule has 3 heteroatoms. The molecule has 0 aliphatic carbocycles. The highest BCUT2D eigenvalue weighted by atomic mass is 35.5. The molecule has 9 heavy (non-hydrogen) atoms. The Hall–Kier alpha value is -0.760. The highest BCUT2D eigenvalue weighted by molar-refractivity contribution is 6.31. The first-order valence-corrected chi connectivity index (χ1v) is 2.78. The van der Waals surface area contributed by atoms with E-state index >= 15 is 0 Å². The van der Waals surface area contributed by atoms with Crippen molar-refractivity contribution < 1.29 is 4.74 Å². The average molecular weight is 143 g/mol. The SMILES string of the molecule is COc1ccn[c]c1Cl. The Balaban J connectivity index is 3.01. The highest BCUT2D eigenvalue weighted by Crippen LogP contribution is 2.19. The van der Waals surface area contributed by atoms with Crippen molar-refractivity contribution in [2.75, 3.05) is 7.11 Å². The number of hydrogen-bond donors (Lipinski definition) is 0. The maximum absolute atomic E-state index is 5.58. The Labute approximate surface area is 58.4 Å². The first-order chi connectivity index (χ1) is 4.34. The predicted octanol–water partition coefficient (Wildman–Crippen LogP) is 1.54. The van der Waals surface area contributed by atoms with E-state index < -0.39 is 0 Å². The van der Waals surface area contributed by atoms with Crippen LogP contribution in [0.5, 0.6) is 5.75 Å². The molecule has 1 rings (SSSR count). The number of methoxy groups -OCH3 is 1. The van der Waals surface area contributed by atoms with Crippen molar-refractivity contribution in [3.05, 3.63) is 23.5 Å². The summed E-state index contributed by atoms with van der Waals surface area (Å²) in [5.41, 5.74) is 0. The number of nitrogens with zero attached hydrogens (tertiary/aromatic N) is 1. The van der Waals surface area contributed by atoms with E-state index in [4.69, 9.17) is 16.3 Å². The zero-order chi connectivity index (χ0) is 6.69. The summed E-state index contributed by atoms with van der Waals surface area (Å²) in [5, 5.41) is 0.417. The summed E-state index contributed by atoms with van der Waals surface area (Å²) in [5.74, 6) is 0.603. The second-order valence-electron chi connectivity index (χ2n) is 1.44. The van der Waals surface area contributed by atoms with E-state index in [1.165, 1.54) is 0 Å². The molecule has 1 aromatic heterocycles. The van der Waals surface area contributed by atoms with E-state index in [-0.39, 0.29) is 0 Å². The smallest absolute Gasteiger partial charge is 0.141 e. The molecule has 0 fully saturated rings. The second kappa shape index (κ2) is 2.69. The summed E-state index contributed by atoms with van der Waals surface area (Å²) in [6.45, 7) is 0. The van der Waals surface area contributed by atoms with Crippen LogP contribution in [0.3, 0.4) is 0 Å². The largest absolute Gasteiger partial charge is 0.495 e. The van der Waals surface area contributed by atoms with Crippen LogP contribution in [0.4, 0.5) is 0 Å². The Bertz CT molecular complexity index is 202. The topological polar surface area (TPSA) is 22.1 Å². The van der Waals surface area contributed by atoms with E-state index in [2.05, 4.69) is 11.2 Å². The first kappa shape index (κ1) is 6.36. The molecular weight excluding hydrogens is 138 g/mol. The fourth-order valence-corrected chi connectivity index (χ4v) is 0.674. The maximum Gasteiger partial charge on any atom is 0.141 e. The van der Waals surface area contributed by atoms with Gasteiger partial charge in [-0.25, -0.2) is 0 Å². The normalized spacial score (nSPS) is 9.11. The van der Waals surface area contributed by atoms with Gasteiger partial charge in [-0.3, -0.25) is 4.98 Å². The fraction of sp³-hybridized carbons (Fsp3) is 0.167. The minimum Gasteiger partial charge on any atom is -0.495 e.